The Morgan fingerprint density at radius 1 is 1.13 bits per heavy atom. The van der Waals surface area contributed by atoms with Crippen LogP contribution in [0, 0.1) is 11.6 Å². The number of rotatable bonds is 5. The first-order valence-electron chi connectivity index (χ1n) is 9.35. The molecule has 0 fully saturated rings. The molecule has 4 rings (SSSR count). The molecule has 6 nitrogen and oxygen atoms in total. The van der Waals surface area contributed by atoms with E-state index in [1.165, 1.54) is 10.9 Å². The van der Waals surface area contributed by atoms with Gasteiger partial charge in [-0.2, -0.15) is 4.80 Å². The van der Waals surface area contributed by atoms with E-state index in [4.69, 9.17) is 11.6 Å². The minimum Gasteiger partial charge on any atom is -0.333 e. The van der Waals surface area contributed by atoms with Crippen molar-refractivity contribution >= 4 is 28.9 Å². The number of tetrazole rings is 1. The SMILES string of the molecule is Cn1nnc(N2CCC(Cl)=C(c3ccc(CC(=O)c4c(F)cccc4F)cc3)C2)n1. The van der Waals surface area contributed by atoms with Crippen molar-refractivity contribution in [3.05, 3.63) is 75.8 Å². The number of halogens is 3. The Labute approximate surface area is 176 Å². The number of carbonyl (C=O) groups excluding carboxylic acids is 1. The third-order valence-corrected chi connectivity index (χ3v) is 5.38. The summed E-state index contributed by atoms with van der Waals surface area (Å²) in [4.78, 5) is 15.8. The molecule has 9 heteroatoms. The van der Waals surface area contributed by atoms with Crippen LogP contribution in [-0.2, 0) is 13.5 Å². The van der Waals surface area contributed by atoms with Gasteiger partial charge in [0.05, 0.1) is 12.6 Å². The van der Waals surface area contributed by atoms with Crippen molar-refractivity contribution in [2.75, 3.05) is 18.0 Å². The summed E-state index contributed by atoms with van der Waals surface area (Å²) < 4.78 is 27.7. The molecule has 0 N–H and O–H groups in total. The number of hydrogen-bond acceptors (Lipinski definition) is 5. The molecule has 1 aliphatic heterocycles. The minimum atomic E-state index is -0.853. The zero-order chi connectivity index (χ0) is 21.3. The number of anilines is 1. The van der Waals surface area contributed by atoms with E-state index in [1.54, 1.807) is 19.2 Å². The van der Waals surface area contributed by atoms with Gasteiger partial charge < -0.3 is 4.90 Å². The fourth-order valence-corrected chi connectivity index (χ4v) is 3.67. The molecule has 0 saturated heterocycles. The van der Waals surface area contributed by atoms with Crippen LogP contribution < -0.4 is 4.90 Å². The highest BCUT2D eigenvalue weighted by Crippen LogP contribution is 2.30. The lowest BCUT2D eigenvalue weighted by Gasteiger charge is -2.28. The van der Waals surface area contributed by atoms with Gasteiger partial charge >= 0.3 is 0 Å². The first-order chi connectivity index (χ1) is 14.4. The van der Waals surface area contributed by atoms with E-state index in [2.05, 4.69) is 15.4 Å². The highest BCUT2D eigenvalue weighted by atomic mass is 35.5. The number of ketones is 1. The van der Waals surface area contributed by atoms with Gasteiger partial charge in [-0.15, -0.1) is 5.10 Å². The van der Waals surface area contributed by atoms with E-state index in [0.717, 1.165) is 28.3 Å². The molecular weight excluding hydrogens is 412 g/mol. The van der Waals surface area contributed by atoms with Gasteiger partial charge in [-0.3, -0.25) is 4.79 Å². The normalized spacial score (nSPS) is 14.3. The minimum absolute atomic E-state index is 0.0967. The average molecular weight is 430 g/mol. The third kappa shape index (κ3) is 4.09. The molecule has 0 unspecified atom stereocenters. The van der Waals surface area contributed by atoms with Crippen LogP contribution >= 0.6 is 11.6 Å². The van der Waals surface area contributed by atoms with Gasteiger partial charge in [0.1, 0.15) is 11.6 Å². The number of hydrogen-bond donors (Lipinski definition) is 0. The molecule has 0 atom stereocenters. The molecule has 0 aliphatic carbocycles. The third-order valence-electron chi connectivity index (χ3n) is 4.97. The Morgan fingerprint density at radius 2 is 1.83 bits per heavy atom. The zero-order valence-corrected chi connectivity index (χ0v) is 16.9. The van der Waals surface area contributed by atoms with Crippen LogP contribution in [0.25, 0.3) is 5.57 Å². The van der Waals surface area contributed by atoms with Crippen molar-refractivity contribution in [3.8, 4) is 0 Å². The molecule has 0 bridgehead atoms. The van der Waals surface area contributed by atoms with Crippen molar-refractivity contribution in [2.24, 2.45) is 7.05 Å². The van der Waals surface area contributed by atoms with Crippen LogP contribution in [0.1, 0.15) is 27.9 Å². The van der Waals surface area contributed by atoms with Gasteiger partial charge in [-0.05, 0) is 34.0 Å². The second-order valence-corrected chi connectivity index (χ2v) is 7.48. The van der Waals surface area contributed by atoms with Crippen molar-refractivity contribution in [2.45, 2.75) is 12.8 Å². The smallest absolute Gasteiger partial charge is 0.266 e. The highest BCUT2D eigenvalue weighted by Gasteiger charge is 2.22. The highest BCUT2D eigenvalue weighted by molar-refractivity contribution is 6.33. The molecule has 1 aliphatic rings. The van der Waals surface area contributed by atoms with Gasteiger partial charge in [-0.25, -0.2) is 8.78 Å². The Balaban J connectivity index is 1.51. The molecule has 3 aromatic rings. The summed E-state index contributed by atoms with van der Waals surface area (Å²) in [5.41, 5.74) is 1.99. The molecule has 1 aromatic heterocycles. The summed E-state index contributed by atoms with van der Waals surface area (Å²) >= 11 is 6.47. The largest absolute Gasteiger partial charge is 0.333 e. The summed E-state index contributed by atoms with van der Waals surface area (Å²) in [6.45, 7) is 1.22. The maximum Gasteiger partial charge on any atom is 0.266 e. The number of aromatic nitrogens is 4. The predicted octanol–water partition coefficient (Wildman–Crippen LogP) is 3.77. The summed E-state index contributed by atoms with van der Waals surface area (Å²) in [7, 11) is 1.71. The van der Waals surface area contributed by atoms with E-state index >= 15 is 0 Å². The standard InChI is InChI=1S/C21H18ClF2N5O/c1-28-26-21(25-27-28)29-10-9-16(22)15(12-29)14-7-5-13(6-8-14)11-19(30)20-17(23)3-2-4-18(20)24/h2-8H,9-12H2,1H3. The Bertz CT molecular complexity index is 1110. The van der Waals surface area contributed by atoms with E-state index in [-0.39, 0.29) is 6.42 Å². The zero-order valence-electron chi connectivity index (χ0n) is 16.1. The number of carbonyl (C=O) groups is 1. The molecule has 154 valence electrons. The van der Waals surface area contributed by atoms with E-state index in [0.29, 0.717) is 31.0 Å². The molecule has 30 heavy (non-hydrogen) atoms. The Kier molecular flexibility index (Phi) is 5.59. The fraction of sp³-hybridized carbons (Fsp3) is 0.238. The average Bonchev–Trinajstić information content (AvgIpc) is 3.15. The van der Waals surface area contributed by atoms with Crippen molar-refractivity contribution < 1.29 is 13.6 Å². The summed E-state index contributed by atoms with van der Waals surface area (Å²) in [5, 5.41) is 12.9. The maximum absolute atomic E-state index is 13.8. The summed E-state index contributed by atoms with van der Waals surface area (Å²) in [6.07, 6.45) is 0.558. The first-order valence-corrected chi connectivity index (χ1v) is 9.73. The van der Waals surface area contributed by atoms with Crippen molar-refractivity contribution in [1.82, 2.24) is 20.2 Å². The van der Waals surface area contributed by atoms with E-state index in [1.807, 2.05) is 17.0 Å². The van der Waals surface area contributed by atoms with Gasteiger partial charge in [0.15, 0.2) is 5.78 Å². The molecule has 0 radical (unpaired) electrons. The quantitative estimate of drug-likeness (QED) is 0.578. The summed E-state index contributed by atoms with van der Waals surface area (Å²) in [5.74, 6) is -1.77. The first kappa shape index (κ1) is 20.2. The van der Waals surface area contributed by atoms with Crippen LogP contribution in [0.5, 0.6) is 0 Å². The van der Waals surface area contributed by atoms with Crippen LogP contribution in [0.3, 0.4) is 0 Å². The second-order valence-electron chi connectivity index (χ2n) is 7.03. The number of Topliss-reactive ketones (excluding diaryl/α,β-unsaturated/α-hetero) is 1. The Hall–Kier alpha value is -3.13. The summed E-state index contributed by atoms with van der Waals surface area (Å²) in [6, 6.07) is 10.6. The molecule has 2 heterocycles. The monoisotopic (exact) mass is 429 g/mol. The number of aryl methyl sites for hydroxylation is 1. The lowest BCUT2D eigenvalue weighted by Crippen LogP contribution is -2.31. The molecular formula is C21H18ClF2N5O. The second kappa shape index (κ2) is 8.31. The van der Waals surface area contributed by atoms with E-state index in [9.17, 15) is 13.6 Å². The van der Waals surface area contributed by atoms with Crippen LogP contribution in [0.2, 0.25) is 0 Å². The van der Waals surface area contributed by atoms with Crippen LogP contribution in [0.15, 0.2) is 47.5 Å². The fourth-order valence-electron chi connectivity index (χ4n) is 3.42. The predicted molar refractivity (Wildman–Crippen MR) is 109 cm³/mol. The molecule has 0 saturated carbocycles. The van der Waals surface area contributed by atoms with Crippen LogP contribution in [-0.4, -0.2) is 39.1 Å². The lowest BCUT2D eigenvalue weighted by molar-refractivity contribution is 0.0985. The molecule has 0 spiro atoms. The van der Waals surface area contributed by atoms with Gasteiger partial charge in [0, 0.05) is 31.0 Å². The molecule has 2 aromatic carbocycles. The van der Waals surface area contributed by atoms with Crippen molar-refractivity contribution in [3.63, 3.8) is 0 Å². The lowest BCUT2D eigenvalue weighted by atomic mass is 9.97. The van der Waals surface area contributed by atoms with Crippen LogP contribution in [0.4, 0.5) is 14.7 Å². The molecule has 0 amide bonds. The van der Waals surface area contributed by atoms with Gasteiger partial charge in [0.2, 0.25) is 0 Å². The Morgan fingerprint density at radius 3 is 2.47 bits per heavy atom. The van der Waals surface area contributed by atoms with Gasteiger partial charge in [0.25, 0.3) is 5.95 Å². The number of benzene rings is 2. The topological polar surface area (TPSA) is 63.9 Å². The van der Waals surface area contributed by atoms with Gasteiger partial charge in [-0.1, -0.05) is 47.0 Å². The maximum atomic E-state index is 13.8. The number of nitrogens with zero attached hydrogens (tertiary/aromatic N) is 5. The van der Waals surface area contributed by atoms with E-state index < -0.39 is 23.0 Å². The van der Waals surface area contributed by atoms with Crippen molar-refractivity contribution in [1.29, 1.82) is 0 Å².